The van der Waals surface area contributed by atoms with Gasteiger partial charge >= 0.3 is 6.09 Å². The largest absolute Gasteiger partial charge is 0.448 e. The summed E-state index contributed by atoms with van der Waals surface area (Å²) in [6, 6.07) is 8.80. The molecule has 0 unspecified atom stereocenters. The van der Waals surface area contributed by atoms with Gasteiger partial charge in [0.15, 0.2) is 0 Å². The molecule has 0 atom stereocenters. The molecule has 1 amide bonds. The molecule has 0 aromatic heterocycles. The van der Waals surface area contributed by atoms with Gasteiger partial charge in [0.05, 0.1) is 16.5 Å². The number of amides is 1. The lowest BCUT2D eigenvalue weighted by Gasteiger charge is -2.33. The zero-order valence-electron chi connectivity index (χ0n) is 12.4. The second-order valence-corrected chi connectivity index (χ2v) is 8.08. The molecule has 21 heavy (non-hydrogen) atoms. The summed E-state index contributed by atoms with van der Waals surface area (Å²) >= 11 is 0. The molecule has 0 spiro atoms. The molecule has 6 nitrogen and oxygen atoms in total. The predicted molar refractivity (Wildman–Crippen MR) is 80.1 cm³/mol. The molecule has 116 valence electrons. The fourth-order valence-corrected chi connectivity index (χ4v) is 3.96. The molecule has 1 aliphatic rings. The lowest BCUT2D eigenvalue weighted by atomic mass is 10.1. The molecular weight excluding hydrogens is 292 g/mol. The first-order chi connectivity index (χ1) is 9.73. The van der Waals surface area contributed by atoms with E-state index in [1.165, 1.54) is 0 Å². The van der Waals surface area contributed by atoms with Gasteiger partial charge in [0, 0.05) is 0 Å². The Morgan fingerprint density at radius 1 is 1.24 bits per heavy atom. The van der Waals surface area contributed by atoms with Crippen LogP contribution in [0.5, 0.6) is 0 Å². The van der Waals surface area contributed by atoms with Gasteiger partial charge in [0.1, 0.15) is 0 Å². The van der Waals surface area contributed by atoms with Crippen molar-refractivity contribution in [3.8, 4) is 0 Å². The van der Waals surface area contributed by atoms with Gasteiger partial charge in [-0.15, -0.1) is 0 Å². The molecule has 0 heterocycles. The third-order valence-corrected chi connectivity index (χ3v) is 5.52. The van der Waals surface area contributed by atoms with E-state index in [9.17, 15) is 13.2 Å². The third kappa shape index (κ3) is 3.66. The highest BCUT2D eigenvalue weighted by Gasteiger charge is 2.47. The van der Waals surface area contributed by atoms with Crippen molar-refractivity contribution in [2.24, 2.45) is 0 Å². The van der Waals surface area contributed by atoms with Crippen molar-refractivity contribution in [1.82, 2.24) is 4.31 Å². The lowest BCUT2D eigenvalue weighted by molar-refractivity contribution is 0.124. The number of sulfonamides is 1. The van der Waals surface area contributed by atoms with Crippen LogP contribution in [0.4, 0.5) is 10.5 Å². The smallest absolute Gasteiger partial charge is 0.323 e. The van der Waals surface area contributed by atoms with Crippen LogP contribution in [0.15, 0.2) is 30.3 Å². The van der Waals surface area contributed by atoms with Gasteiger partial charge in [-0.25, -0.2) is 18.7 Å². The summed E-state index contributed by atoms with van der Waals surface area (Å²) in [5.41, 5.74) is 2.17. The third-order valence-electron chi connectivity index (χ3n) is 3.01. The van der Waals surface area contributed by atoms with Crippen molar-refractivity contribution in [1.29, 1.82) is 0 Å². The van der Waals surface area contributed by atoms with E-state index in [1.807, 2.05) is 6.07 Å². The summed E-state index contributed by atoms with van der Waals surface area (Å²) in [5, 5.41) is -0.471. The molecule has 7 heteroatoms. The highest BCUT2D eigenvalue weighted by Crippen LogP contribution is 2.34. The number of rotatable bonds is 4. The summed E-state index contributed by atoms with van der Waals surface area (Å²) in [6.45, 7) is 4.99. The number of carbonyl (C=O) groups excluding carboxylic acids is 1. The van der Waals surface area contributed by atoms with Crippen molar-refractivity contribution in [2.45, 2.75) is 44.4 Å². The van der Waals surface area contributed by atoms with Crippen molar-refractivity contribution in [3.05, 3.63) is 30.3 Å². The Kier molecular flexibility index (Phi) is 4.13. The zero-order valence-corrected chi connectivity index (χ0v) is 13.2. The summed E-state index contributed by atoms with van der Waals surface area (Å²) in [5.74, 6) is 0. The molecule has 1 aliphatic carbocycles. The number of nitrogens with one attached hydrogen (secondary N) is 1. The van der Waals surface area contributed by atoms with Gasteiger partial charge in [-0.3, -0.25) is 0 Å². The molecule has 2 rings (SSSR count). The summed E-state index contributed by atoms with van der Waals surface area (Å²) in [7, 11) is -3.67. The Morgan fingerprint density at radius 3 is 2.29 bits per heavy atom. The van der Waals surface area contributed by atoms with Crippen molar-refractivity contribution < 1.29 is 18.0 Å². The van der Waals surface area contributed by atoms with Crippen molar-refractivity contribution in [3.63, 3.8) is 0 Å². The second kappa shape index (κ2) is 5.55. The average Bonchev–Trinajstić information content (AvgIpc) is 3.20. The number of anilines is 1. The summed E-state index contributed by atoms with van der Waals surface area (Å²) < 4.78 is 25.6. The number of hydrogen-bond donors (Lipinski definition) is 1. The van der Waals surface area contributed by atoms with Crippen LogP contribution in [0.2, 0.25) is 0 Å². The molecule has 0 radical (unpaired) electrons. The van der Waals surface area contributed by atoms with Gasteiger partial charge in [0.25, 0.3) is 0 Å². The van der Waals surface area contributed by atoms with Crippen LogP contribution in [0.3, 0.4) is 0 Å². The van der Waals surface area contributed by atoms with Crippen LogP contribution in [0.25, 0.3) is 0 Å². The maximum absolute atomic E-state index is 12.4. The summed E-state index contributed by atoms with van der Waals surface area (Å²) in [6.07, 6.45) is 0.265. The number of benzene rings is 1. The molecule has 1 aromatic carbocycles. The second-order valence-electron chi connectivity index (χ2n) is 6.02. The Labute approximate surface area is 125 Å². The lowest BCUT2D eigenvalue weighted by Crippen LogP contribution is -2.51. The van der Waals surface area contributed by atoms with Crippen molar-refractivity contribution in [2.75, 3.05) is 5.48 Å². The van der Waals surface area contributed by atoms with Crippen LogP contribution < -0.4 is 5.48 Å². The first-order valence-corrected chi connectivity index (χ1v) is 8.29. The van der Waals surface area contributed by atoms with E-state index < -0.39 is 26.9 Å². The zero-order chi connectivity index (χ0) is 15.7. The van der Waals surface area contributed by atoms with E-state index >= 15 is 0 Å². The first-order valence-electron chi connectivity index (χ1n) is 6.79. The molecule has 1 aromatic rings. The van der Waals surface area contributed by atoms with Gasteiger partial charge in [-0.05, 0) is 45.7 Å². The minimum absolute atomic E-state index is 0.471. The van der Waals surface area contributed by atoms with Crippen LogP contribution in [-0.4, -0.2) is 29.6 Å². The van der Waals surface area contributed by atoms with Crippen LogP contribution in [0.1, 0.15) is 33.6 Å². The fourth-order valence-electron chi connectivity index (χ4n) is 1.92. The van der Waals surface area contributed by atoms with Gasteiger partial charge in [-0.1, -0.05) is 18.2 Å². The van der Waals surface area contributed by atoms with E-state index in [2.05, 4.69) is 5.48 Å². The van der Waals surface area contributed by atoms with Gasteiger partial charge < -0.3 is 4.84 Å². The van der Waals surface area contributed by atoms with Crippen molar-refractivity contribution >= 4 is 21.8 Å². The number of para-hydroxylation sites is 1. The predicted octanol–water partition coefficient (Wildman–Crippen LogP) is 2.74. The van der Waals surface area contributed by atoms with Crippen LogP contribution in [0, 0.1) is 0 Å². The Morgan fingerprint density at radius 2 is 1.81 bits per heavy atom. The SMILES string of the molecule is CC(C)(C)N(C(=O)ONc1ccccc1)S(=O)(=O)C1CC1. The molecule has 1 N–H and O–H groups in total. The van der Waals surface area contributed by atoms with E-state index in [-0.39, 0.29) is 0 Å². The Balaban J connectivity index is 2.12. The minimum atomic E-state index is -3.67. The normalized spacial score (nSPS) is 15.4. The Bertz CT molecular complexity index is 604. The molecule has 0 saturated heterocycles. The number of carbonyl (C=O) groups is 1. The van der Waals surface area contributed by atoms with E-state index in [0.29, 0.717) is 18.5 Å². The van der Waals surface area contributed by atoms with E-state index in [1.54, 1.807) is 45.0 Å². The maximum Gasteiger partial charge on any atom is 0.448 e. The van der Waals surface area contributed by atoms with Gasteiger partial charge in [-0.2, -0.15) is 4.31 Å². The van der Waals surface area contributed by atoms with E-state index in [4.69, 9.17) is 4.84 Å². The molecule has 1 saturated carbocycles. The highest BCUT2D eigenvalue weighted by atomic mass is 32.2. The monoisotopic (exact) mass is 312 g/mol. The summed E-state index contributed by atoms with van der Waals surface area (Å²) in [4.78, 5) is 17.1. The van der Waals surface area contributed by atoms with E-state index in [0.717, 1.165) is 4.31 Å². The Hall–Kier alpha value is -1.76. The first kappa shape index (κ1) is 15.6. The van der Waals surface area contributed by atoms with Crippen LogP contribution >= 0.6 is 0 Å². The molecule has 0 aliphatic heterocycles. The molecule has 0 bridgehead atoms. The quantitative estimate of drug-likeness (QED) is 0.865. The molecule has 1 fully saturated rings. The maximum atomic E-state index is 12.4. The standard InChI is InChI=1S/C14H20N2O4S/c1-14(2,3)16(21(18,19)12-9-10-12)13(17)20-15-11-7-5-4-6-8-11/h4-8,12,15H,9-10H2,1-3H3. The van der Waals surface area contributed by atoms with Gasteiger partial charge in [0.2, 0.25) is 10.0 Å². The number of nitrogens with zero attached hydrogens (tertiary/aromatic N) is 1. The molecular formula is C14H20N2O4S. The topological polar surface area (TPSA) is 75.7 Å². The van der Waals surface area contributed by atoms with Crippen LogP contribution in [-0.2, 0) is 14.9 Å². The number of hydrogen-bond acceptors (Lipinski definition) is 5. The highest BCUT2D eigenvalue weighted by molar-refractivity contribution is 7.90. The fraction of sp³-hybridized carbons (Fsp3) is 0.500. The average molecular weight is 312 g/mol. The minimum Gasteiger partial charge on any atom is -0.323 e.